The van der Waals surface area contributed by atoms with E-state index in [1.54, 1.807) is 0 Å². The molecule has 2 unspecified atom stereocenters. The Bertz CT molecular complexity index is 183. The van der Waals surface area contributed by atoms with Crippen molar-refractivity contribution < 1.29 is 4.74 Å². The lowest BCUT2D eigenvalue weighted by Crippen LogP contribution is -2.45. The molecule has 2 atom stereocenters. The molecule has 1 N–H and O–H groups in total. The normalized spacial score (nSPS) is 32.6. The van der Waals surface area contributed by atoms with Crippen LogP contribution in [0.15, 0.2) is 0 Å². The summed E-state index contributed by atoms with van der Waals surface area (Å²) in [5, 5.41) is 3.67. The second-order valence-electron chi connectivity index (χ2n) is 5.17. The first-order valence-electron chi connectivity index (χ1n) is 6.07. The second-order valence-corrected chi connectivity index (χ2v) is 5.17. The fraction of sp³-hybridized carbons (Fsp3) is 1.00. The Morgan fingerprint density at radius 1 is 1.50 bits per heavy atom. The van der Waals surface area contributed by atoms with Crippen LogP contribution in [0.1, 0.15) is 39.5 Å². The van der Waals surface area contributed by atoms with E-state index in [2.05, 4.69) is 19.2 Å². The van der Waals surface area contributed by atoms with Gasteiger partial charge in [-0.25, -0.2) is 0 Å². The Morgan fingerprint density at radius 3 is 2.79 bits per heavy atom. The quantitative estimate of drug-likeness (QED) is 0.746. The summed E-state index contributed by atoms with van der Waals surface area (Å²) < 4.78 is 5.59. The van der Waals surface area contributed by atoms with Crippen molar-refractivity contribution in [2.24, 2.45) is 11.3 Å². The van der Waals surface area contributed by atoms with Crippen LogP contribution in [-0.4, -0.2) is 25.8 Å². The lowest BCUT2D eigenvalue weighted by molar-refractivity contribution is 0.0276. The summed E-state index contributed by atoms with van der Waals surface area (Å²) in [5.74, 6) is 0.760. The predicted molar refractivity (Wildman–Crippen MR) is 58.3 cm³/mol. The Balaban J connectivity index is 1.94. The molecular weight excluding hydrogens is 174 g/mol. The van der Waals surface area contributed by atoms with Crippen molar-refractivity contribution >= 4 is 0 Å². The van der Waals surface area contributed by atoms with Crippen LogP contribution < -0.4 is 5.32 Å². The van der Waals surface area contributed by atoms with E-state index in [9.17, 15) is 0 Å². The van der Waals surface area contributed by atoms with E-state index in [0.717, 1.165) is 25.7 Å². The molecule has 0 aromatic rings. The van der Waals surface area contributed by atoms with Crippen molar-refractivity contribution in [3.8, 4) is 0 Å². The van der Waals surface area contributed by atoms with E-state index in [0.29, 0.717) is 11.5 Å². The van der Waals surface area contributed by atoms with Crippen LogP contribution in [0, 0.1) is 11.3 Å². The van der Waals surface area contributed by atoms with Crippen LogP contribution >= 0.6 is 0 Å². The molecule has 1 saturated carbocycles. The molecule has 1 saturated heterocycles. The SMILES string of the molecule is CCNC(C1CCCOC1)C1(C)CC1. The Labute approximate surface area is 87.4 Å². The number of hydrogen-bond donors (Lipinski definition) is 1. The van der Waals surface area contributed by atoms with E-state index in [1.807, 2.05) is 0 Å². The third-order valence-corrected chi connectivity index (χ3v) is 3.88. The van der Waals surface area contributed by atoms with Gasteiger partial charge in [-0.3, -0.25) is 0 Å². The van der Waals surface area contributed by atoms with Crippen molar-refractivity contribution in [3.05, 3.63) is 0 Å². The summed E-state index contributed by atoms with van der Waals surface area (Å²) in [4.78, 5) is 0. The Hall–Kier alpha value is -0.0800. The lowest BCUT2D eigenvalue weighted by atomic mass is 9.83. The Morgan fingerprint density at radius 2 is 2.29 bits per heavy atom. The van der Waals surface area contributed by atoms with Gasteiger partial charge >= 0.3 is 0 Å². The van der Waals surface area contributed by atoms with Crippen molar-refractivity contribution in [2.75, 3.05) is 19.8 Å². The van der Waals surface area contributed by atoms with Crippen molar-refractivity contribution in [3.63, 3.8) is 0 Å². The summed E-state index contributed by atoms with van der Waals surface area (Å²) in [5.41, 5.74) is 0.585. The van der Waals surface area contributed by atoms with Gasteiger partial charge in [-0.15, -0.1) is 0 Å². The highest BCUT2D eigenvalue weighted by atomic mass is 16.5. The number of rotatable bonds is 4. The van der Waals surface area contributed by atoms with Crippen LogP contribution in [0.2, 0.25) is 0 Å². The summed E-state index contributed by atoms with van der Waals surface area (Å²) in [6, 6.07) is 0.702. The molecule has 2 aliphatic rings. The highest BCUT2D eigenvalue weighted by molar-refractivity contribution is 5.01. The first kappa shape index (κ1) is 10.4. The minimum absolute atomic E-state index is 0.585. The lowest BCUT2D eigenvalue weighted by Gasteiger charge is -2.35. The third-order valence-electron chi connectivity index (χ3n) is 3.88. The zero-order chi connectivity index (χ0) is 10.0. The van der Waals surface area contributed by atoms with Crippen LogP contribution in [0.5, 0.6) is 0 Å². The number of hydrogen-bond acceptors (Lipinski definition) is 2. The fourth-order valence-electron chi connectivity index (χ4n) is 2.74. The van der Waals surface area contributed by atoms with Gasteiger partial charge in [-0.2, -0.15) is 0 Å². The molecule has 1 aliphatic heterocycles. The van der Waals surface area contributed by atoms with Gasteiger partial charge in [0.2, 0.25) is 0 Å². The van der Waals surface area contributed by atoms with Crippen LogP contribution in [0.4, 0.5) is 0 Å². The summed E-state index contributed by atoms with van der Waals surface area (Å²) in [7, 11) is 0. The van der Waals surface area contributed by atoms with Crippen molar-refractivity contribution in [2.45, 2.75) is 45.6 Å². The molecule has 1 aliphatic carbocycles. The highest BCUT2D eigenvalue weighted by Crippen LogP contribution is 2.51. The fourth-order valence-corrected chi connectivity index (χ4v) is 2.74. The van der Waals surface area contributed by atoms with Crippen LogP contribution in [0.25, 0.3) is 0 Å². The molecule has 0 bridgehead atoms. The van der Waals surface area contributed by atoms with Gasteiger partial charge in [0, 0.05) is 12.6 Å². The zero-order valence-corrected chi connectivity index (χ0v) is 9.51. The smallest absolute Gasteiger partial charge is 0.0509 e. The van der Waals surface area contributed by atoms with Crippen molar-refractivity contribution in [1.29, 1.82) is 0 Å². The zero-order valence-electron chi connectivity index (χ0n) is 9.51. The number of ether oxygens (including phenoxy) is 1. The molecule has 1 heterocycles. The van der Waals surface area contributed by atoms with Gasteiger partial charge in [-0.1, -0.05) is 13.8 Å². The standard InChI is InChI=1S/C12H23NO/c1-3-13-11(12(2)6-7-12)10-5-4-8-14-9-10/h10-11,13H,3-9H2,1-2H3. The van der Waals surface area contributed by atoms with E-state index in [1.165, 1.54) is 25.7 Å². The third kappa shape index (κ3) is 2.12. The molecule has 0 spiro atoms. The van der Waals surface area contributed by atoms with Gasteiger partial charge in [0.25, 0.3) is 0 Å². The van der Waals surface area contributed by atoms with Gasteiger partial charge in [0.1, 0.15) is 0 Å². The summed E-state index contributed by atoms with van der Waals surface area (Å²) in [6.07, 6.45) is 5.41. The summed E-state index contributed by atoms with van der Waals surface area (Å²) >= 11 is 0. The average molecular weight is 197 g/mol. The van der Waals surface area contributed by atoms with Gasteiger partial charge in [-0.05, 0) is 43.6 Å². The van der Waals surface area contributed by atoms with Gasteiger partial charge in [0.15, 0.2) is 0 Å². The Kier molecular flexibility index (Phi) is 3.13. The molecule has 82 valence electrons. The summed E-state index contributed by atoms with van der Waals surface area (Å²) in [6.45, 7) is 7.69. The minimum atomic E-state index is 0.585. The molecule has 14 heavy (non-hydrogen) atoms. The largest absolute Gasteiger partial charge is 0.381 e. The second kappa shape index (κ2) is 4.19. The minimum Gasteiger partial charge on any atom is -0.381 e. The maximum Gasteiger partial charge on any atom is 0.0509 e. The first-order chi connectivity index (χ1) is 6.76. The molecule has 2 heteroatoms. The molecule has 0 aromatic carbocycles. The van der Waals surface area contributed by atoms with Gasteiger partial charge in [0.05, 0.1) is 6.61 Å². The van der Waals surface area contributed by atoms with E-state index < -0.39 is 0 Å². The topological polar surface area (TPSA) is 21.3 Å². The maximum absolute atomic E-state index is 5.59. The maximum atomic E-state index is 5.59. The predicted octanol–water partition coefficient (Wildman–Crippen LogP) is 2.19. The first-order valence-corrected chi connectivity index (χ1v) is 6.07. The van der Waals surface area contributed by atoms with Crippen LogP contribution in [-0.2, 0) is 4.74 Å². The highest BCUT2D eigenvalue weighted by Gasteiger charge is 2.47. The molecule has 0 aromatic heterocycles. The average Bonchev–Trinajstić information content (AvgIpc) is 2.95. The monoisotopic (exact) mass is 197 g/mol. The molecule has 2 rings (SSSR count). The van der Waals surface area contributed by atoms with E-state index in [4.69, 9.17) is 4.74 Å². The molecule has 2 fully saturated rings. The molecule has 2 nitrogen and oxygen atoms in total. The van der Waals surface area contributed by atoms with E-state index in [-0.39, 0.29) is 0 Å². The van der Waals surface area contributed by atoms with E-state index >= 15 is 0 Å². The van der Waals surface area contributed by atoms with Crippen molar-refractivity contribution in [1.82, 2.24) is 5.32 Å². The molecule has 0 amide bonds. The molecule has 0 radical (unpaired) electrons. The molecular formula is C12H23NO. The van der Waals surface area contributed by atoms with Gasteiger partial charge < -0.3 is 10.1 Å². The number of nitrogens with one attached hydrogen (secondary N) is 1. The van der Waals surface area contributed by atoms with Crippen LogP contribution in [0.3, 0.4) is 0 Å².